The number of hydrogen-bond acceptors (Lipinski definition) is 8. The Morgan fingerprint density at radius 1 is 1.24 bits per heavy atom. The van der Waals surface area contributed by atoms with Crippen LogP contribution in [-0.4, -0.2) is 65.3 Å². The van der Waals surface area contributed by atoms with Crippen LogP contribution in [0.1, 0.15) is 79.5 Å². The number of rotatable bonds is 11. The van der Waals surface area contributed by atoms with Crippen molar-refractivity contribution in [1.82, 2.24) is 20.3 Å². The SMILES string of the molecule is CCCCOC(=O)c1nc(N2CCC(NC(=O)c3nc(Cl)c(CC)[nH]3)C(OCC)C2)oc1CC. The van der Waals surface area contributed by atoms with Gasteiger partial charge in [-0.05, 0) is 26.2 Å². The van der Waals surface area contributed by atoms with E-state index < -0.39 is 5.97 Å². The van der Waals surface area contributed by atoms with Crippen molar-refractivity contribution >= 4 is 29.5 Å². The molecule has 188 valence electrons. The van der Waals surface area contributed by atoms with E-state index in [0.717, 1.165) is 18.5 Å². The molecule has 2 N–H and O–H groups in total. The number of ether oxygens (including phenoxy) is 2. The monoisotopic (exact) mass is 495 g/mol. The minimum Gasteiger partial charge on any atom is -0.461 e. The Kier molecular flexibility index (Phi) is 9.35. The van der Waals surface area contributed by atoms with Crippen LogP contribution in [0.15, 0.2) is 4.42 Å². The first kappa shape index (κ1) is 26.0. The third-order valence-electron chi connectivity index (χ3n) is 5.76. The number of unbranched alkanes of at least 4 members (excludes halogenated alkanes) is 1. The van der Waals surface area contributed by atoms with E-state index in [2.05, 4.69) is 20.3 Å². The molecule has 2 aromatic rings. The Morgan fingerprint density at radius 2 is 2.03 bits per heavy atom. The number of esters is 1. The normalized spacial score (nSPS) is 18.2. The summed E-state index contributed by atoms with van der Waals surface area (Å²) in [5, 5.41) is 3.32. The van der Waals surface area contributed by atoms with Crippen LogP contribution in [0.25, 0.3) is 0 Å². The molecule has 3 heterocycles. The van der Waals surface area contributed by atoms with E-state index in [1.54, 1.807) is 0 Å². The van der Waals surface area contributed by atoms with E-state index in [4.69, 9.17) is 25.5 Å². The minimum atomic E-state index is -0.465. The van der Waals surface area contributed by atoms with Crippen LogP contribution in [0.4, 0.5) is 6.01 Å². The molecule has 2 atom stereocenters. The number of aryl methyl sites for hydroxylation is 2. The number of amides is 1. The van der Waals surface area contributed by atoms with Gasteiger partial charge in [0.05, 0.1) is 31.0 Å². The van der Waals surface area contributed by atoms with Gasteiger partial charge in [0.2, 0.25) is 0 Å². The molecule has 34 heavy (non-hydrogen) atoms. The van der Waals surface area contributed by atoms with Gasteiger partial charge in [0.15, 0.2) is 16.7 Å². The summed E-state index contributed by atoms with van der Waals surface area (Å²) in [6, 6.07) is 0.135. The van der Waals surface area contributed by atoms with Crippen LogP contribution in [0.3, 0.4) is 0 Å². The highest BCUT2D eigenvalue weighted by atomic mass is 35.5. The number of nitrogens with one attached hydrogen (secondary N) is 2. The lowest BCUT2D eigenvalue weighted by molar-refractivity contribution is 0.0262. The number of anilines is 1. The van der Waals surface area contributed by atoms with Gasteiger partial charge < -0.3 is 29.1 Å². The fraction of sp³-hybridized carbons (Fsp3) is 0.652. The van der Waals surface area contributed by atoms with Crippen molar-refractivity contribution in [3.8, 4) is 0 Å². The predicted molar refractivity (Wildman–Crippen MR) is 128 cm³/mol. The van der Waals surface area contributed by atoms with Gasteiger partial charge in [0.25, 0.3) is 11.9 Å². The van der Waals surface area contributed by atoms with Gasteiger partial charge in [-0.3, -0.25) is 4.79 Å². The number of carbonyl (C=O) groups excluding carboxylic acids is 2. The number of oxazole rings is 1. The topological polar surface area (TPSA) is 123 Å². The molecule has 11 heteroatoms. The third kappa shape index (κ3) is 6.09. The molecule has 2 aromatic heterocycles. The van der Waals surface area contributed by atoms with Gasteiger partial charge in [-0.2, -0.15) is 4.98 Å². The molecule has 1 fully saturated rings. The minimum absolute atomic E-state index is 0.186. The summed E-state index contributed by atoms with van der Waals surface area (Å²) >= 11 is 6.08. The molecule has 0 aromatic carbocycles. The van der Waals surface area contributed by atoms with Crippen LogP contribution in [0.5, 0.6) is 0 Å². The number of carbonyl (C=O) groups is 2. The fourth-order valence-corrected chi connectivity index (χ4v) is 4.12. The maximum Gasteiger partial charge on any atom is 0.360 e. The van der Waals surface area contributed by atoms with E-state index in [-0.39, 0.29) is 29.6 Å². The summed E-state index contributed by atoms with van der Waals surface area (Å²) in [5.41, 5.74) is 0.945. The third-order valence-corrected chi connectivity index (χ3v) is 6.07. The number of hydrogen-bond donors (Lipinski definition) is 2. The summed E-state index contributed by atoms with van der Waals surface area (Å²) in [4.78, 5) is 38.7. The molecule has 0 saturated carbocycles. The lowest BCUT2D eigenvalue weighted by Gasteiger charge is -2.37. The molecule has 1 aliphatic heterocycles. The Bertz CT molecular complexity index is 975. The standard InChI is InChI=1S/C23H34ClN5O5/c1-5-9-12-33-22(31)18-16(7-3)34-23(27-18)29-11-10-15(17(13-29)32-8-4)26-21(30)20-25-14(6-2)19(24)28-20/h15,17H,5-13H2,1-4H3,(H,25,28)(H,26,30). The van der Waals surface area contributed by atoms with Gasteiger partial charge in [-0.25, -0.2) is 9.78 Å². The average Bonchev–Trinajstić information content (AvgIpc) is 3.44. The summed E-state index contributed by atoms with van der Waals surface area (Å²) in [7, 11) is 0. The number of imidazole rings is 1. The molecule has 0 aliphatic carbocycles. The second kappa shape index (κ2) is 12.2. The van der Waals surface area contributed by atoms with E-state index in [9.17, 15) is 9.59 Å². The van der Waals surface area contributed by atoms with Crippen molar-refractivity contribution in [1.29, 1.82) is 0 Å². The number of H-pyrrole nitrogens is 1. The fourth-order valence-electron chi connectivity index (χ4n) is 3.86. The smallest absolute Gasteiger partial charge is 0.360 e. The molecular formula is C23H34ClN5O5. The highest BCUT2D eigenvalue weighted by Gasteiger charge is 2.34. The number of nitrogens with zero attached hydrogens (tertiary/aromatic N) is 3. The summed E-state index contributed by atoms with van der Waals surface area (Å²) in [5.74, 6) is -0.106. The Balaban J connectivity index is 1.69. The average molecular weight is 496 g/mol. The van der Waals surface area contributed by atoms with Gasteiger partial charge in [0.1, 0.15) is 5.76 Å². The van der Waals surface area contributed by atoms with Gasteiger partial charge in [0, 0.05) is 19.6 Å². The van der Waals surface area contributed by atoms with Crippen LogP contribution < -0.4 is 10.2 Å². The zero-order valence-electron chi connectivity index (χ0n) is 20.3. The molecule has 2 unspecified atom stereocenters. The Hall–Kier alpha value is -2.59. The number of piperidine rings is 1. The first-order valence-electron chi connectivity index (χ1n) is 12.0. The Morgan fingerprint density at radius 3 is 2.68 bits per heavy atom. The molecular weight excluding hydrogens is 462 g/mol. The van der Waals surface area contributed by atoms with Crippen LogP contribution in [-0.2, 0) is 22.3 Å². The summed E-state index contributed by atoms with van der Waals surface area (Å²) in [6.45, 7) is 9.65. The van der Waals surface area contributed by atoms with Crippen molar-refractivity contribution in [2.75, 3.05) is 31.2 Å². The lowest BCUT2D eigenvalue weighted by Crippen LogP contribution is -2.55. The molecule has 1 amide bonds. The van der Waals surface area contributed by atoms with Crippen LogP contribution >= 0.6 is 11.6 Å². The highest BCUT2D eigenvalue weighted by Crippen LogP contribution is 2.25. The first-order valence-corrected chi connectivity index (χ1v) is 12.4. The Labute approximate surface area is 204 Å². The van der Waals surface area contributed by atoms with Crippen molar-refractivity contribution in [3.63, 3.8) is 0 Å². The van der Waals surface area contributed by atoms with Crippen LogP contribution in [0.2, 0.25) is 5.15 Å². The van der Waals surface area contributed by atoms with E-state index in [0.29, 0.717) is 62.5 Å². The number of aromatic amines is 1. The molecule has 1 aliphatic rings. The molecule has 0 spiro atoms. The summed E-state index contributed by atoms with van der Waals surface area (Å²) < 4.78 is 17.2. The maximum absolute atomic E-state index is 12.8. The summed E-state index contributed by atoms with van der Waals surface area (Å²) in [6.07, 6.45) is 3.23. The largest absolute Gasteiger partial charge is 0.461 e. The quantitative estimate of drug-likeness (QED) is 0.358. The van der Waals surface area contributed by atoms with Crippen molar-refractivity contribution < 1.29 is 23.5 Å². The van der Waals surface area contributed by atoms with Gasteiger partial charge in [-0.15, -0.1) is 0 Å². The molecule has 0 radical (unpaired) electrons. The second-order valence-electron chi connectivity index (χ2n) is 8.13. The zero-order valence-corrected chi connectivity index (χ0v) is 21.0. The van der Waals surface area contributed by atoms with Crippen LogP contribution in [0, 0.1) is 0 Å². The van der Waals surface area contributed by atoms with Gasteiger partial charge in [-0.1, -0.05) is 38.8 Å². The van der Waals surface area contributed by atoms with E-state index >= 15 is 0 Å². The van der Waals surface area contributed by atoms with E-state index in [1.807, 2.05) is 32.6 Å². The molecule has 0 bridgehead atoms. The van der Waals surface area contributed by atoms with Crippen molar-refractivity contribution in [2.45, 2.75) is 71.9 Å². The number of halogens is 1. The van der Waals surface area contributed by atoms with Gasteiger partial charge >= 0.3 is 5.97 Å². The maximum atomic E-state index is 12.8. The lowest BCUT2D eigenvalue weighted by atomic mass is 10.0. The predicted octanol–water partition coefficient (Wildman–Crippen LogP) is 3.55. The molecule has 3 rings (SSSR count). The zero-order chi connectivity index (χ0) is 24.7. The first-order chi connectivity index (χ1) is 16.4. The highest BCUT2D eigenvalue weighted by molar-refractivity contribution is 6.30. The van der Waals surface area contributed by atoms with Crippen molar-refractivity contribution in [3.05, 3.63) is 28.1 Å². The van der Waals surface area contributed by atoms with E-state index in [1.165, 1.54) is 0 Å². The van der Waals surface area contributed by atoms with Crippen molar-refractivity contribution in [2.24, 2.45) is 0 Å². The number of aromatic nitrogens is 3. The second-order valence-corrected chi connectivity index (χ2v) is 8.49. The molecule has 1 saturated heterocycles. The molecule has 10 nitrogen and oxygen atoms in total.